The molecule has 6 aromatic rings. The number of aromatic amines is 2. The normalized spacial score (nSPS) is 13.7. The van der Waals surface area contributed by atoms with Crippen molar-refractivity contribution >= 4 is 39.1 Å². The van der Waals surface area contributed by atoms with Crippen molar-refractivity contribution in [2.24, 2.45) is 0 Å². The fraction of sp³-hybridized carbons (Fsp3) is 0.143. The average molecular weight is 554 g/mol. The summed E-state index contributed by atoms with van der Waals surface area (Å²) in [5, 5.41) is 12.9. The zero-order chi connectivity index (χ0) is 29.0. The summed E-state index contributed by atoms with van der Waals surface area (Å²) in [5.41, 5.74) is 11.5. The van der Waals surface area contributed by atoms with Gasteiger partial charge >= 0.3 is 0 Å². The second-order valence-corrected chi connectivity index (χ2v) is 11.1. The Morgan fingerprint density at radius 2 is 1.14 bits per heavy atom. The minimum Gasteiger partial charge on any atom is -0.354 e. The van der Waals surface area contributed by atoms with Gasteiger partial charge in [-0.2, -0.15) is 0 Å². The Morgan fingerprint density at radius 3 is 1.69 bits per heavy atom. The Balaban J connectivity index is 0.000000138. The molecule has 0 fully saturated rings. The number of H-pyrrole nitrogens is 2. The molecule has 7 heteroatoms. The van der Waals surface area contributed by atoms with Crippen LogP contribution in [0.3, 0.4) is 0 Å². The second kappa shape index (κ2) is 9.96. The van der Waals surface area contributed by atoms with Gasteiger partial charge in [0.15, 0.2) is 0 Å². The van der Waals surface area contributed by atoms with E-state index in [1.54, 1.807) is 12.1 Å². The van der Waals surface area contributed by atoms with Gasteiger partial charge in [0.2, 0.25) is 0 Å². The summed E-state index contributed by atoms with van der Waals surface area (Å²) in [6, 6.07) is 27.1. The highest BCUT2D eigenvalue weighted by Gasteiger charge is 2.24. The lowest BCUT2D eigenvalue weighted by Crippen LogP contribution is -2.04. The molecule has 0 aliphatic heterocycles. The van der Waals surface area contributed by atoms with Crippen LogP contribution in [-0.4, -0.2) is 26.5 Å². The first-order chi connectivity index (χ1) is 20.4. The van der Waals surface area contributed by atoms with E-state index in [0.29, 0.717) is 31.5 Å². The monoisotopic (exact) mass is 553 g/mol. The highest BCUT2D eigenvalue weighted by atomic mass is 16.6. The van der Waals surface area contributed by atoms with Crippen molar-refractivity contribution in [2.75, 3.05) is 0 Å². The van der Waals surface area contributed by atoms with Gasteiger partial charge in [0.1, 0.15) is 11.6 Å². The Hall–Kier alpha value is -5.30. The van der Waals surface area contributed by atoms with Gasteiger partial charge in [0, 0.05) is 70.7 Å². The van der Waals surface area contributed by atoms with Crippen LogP contribution in [0.4, 0.5) is 5.69 Å². The molecular weight excluding hydrogens is 526 g/mol. The van der Waals surface area contributed by atoms with Crippen LogP contribution in [0.15, 0.2) is 84.9 Å². The van der Waals surface area contributed by atoms with Crippen molar-refractivity contribution in [1.82, 2.24) is 9.97 Å². The van der Waals surface area contributed by atoms with Gasteiger partial charge in [-0.1, -0.05) is 60.2 Å². The van der Waals surface area contributed by atoms with E-state index in [-0.39, 0.29) is 11.5 Å². The molecule has 2 N–H and O–H groups in total. The lowest BCUT2D eigenvalue weighted by Gasteiger charge is -2.04. The summed E-state index contributed by atoms with van der Waals surface area (Å²) in [4.78, 5) is 41.9. The number of nitrogens with one attached hydrogen (secondary N) is 2. The maximum absolute atomic E-state index is 12.2. The zero-order valence-electron chi connectivity index (χ0n) is 23.0. The lowest BCUT2D eigenvalue weighted by atomic mass is 10.0. The number of hydrogen-bond acceptors (Lipinski definition) is 4. The van der Waals surface area contributed by atoms with Gasteiger partial charge in [-0.25, -0.2) is 0 Å². The number of nitro groups is 1. The third kappa shape index (κ3) is 4.39. The minimum atomic E-state index is -0.411. The number of aryl methyl sites for hydroxylation is 1. The van der Waals surface area contributed by atoms with Crippen LogP contribution < -0.4 is 0 Å². The average Bonchev–Trinajstić information content (AvgIpc) is 3.41. The number of carbonyl (C=O) groups excluding carboxylic acids is 2. The standard InChI is InChI=1S/C18H15NO.C17H12N2O3/c1-11-6-7-17-15(8-11)16-10-13(20)9-12-4-2-3-5-14(12)18(16)19-17;20-12-7-10-3-1-2-4-13(10)17-15(9-12)14-8-11(19(21)22)5-6-16(14)18-17/h2-8,19H,9-10H2,1H3;1-6,8,18H,7,9H2. The molecule has 2 heterocycles. The lowest BCUT2D eigenvalue weighted by molar-refractivity contribution is -0.384. The summed E-state index contributed by atoms with van der Waals surface area (Å²) < 4.78 is 0. The largest absolute Gasteiger partial charge is 0.354 e. The molecule has 7 nitrogen and oxygen atoms in total. The number of carbonyl (C=O) groups is 2. The quantitative estimate of drug-likeness (QED) is 0.165. The van der Waals surface area contributed by atoms with Gasteiger partial charge in [-0.3, -0.25) is 19.7 Å². The molecular formula is C35H27N3O4. The van der Waals surface area contributed by atoms with Gasteiger partial charge < -0.3 is 9.97 Å². The Bertz CT molecular complexity index is 2080. The molecule has 0 atom stereocenters. The topological polar surface area (TPSA) is 109 Å². The molecule has 0 radical (unpaired) electrons. The van der Waals surface area contributed by atoms with Crippen LogP contribution in [0, 0.1) is 17.0 Å². The molecule has 2 aromatic heterocycles. The number of Topliss-reactive ketones (excluding diaryl/α,β-unsaturated/α-hetero) is 2. The molecule has 0 saturated carbocycles. The van der Waals surface area contributed by atoms with Gasteiger partial charge in [-0.15, -0.1) is 0 Å². The first-order valence-corrected chi connectivity index (χ1v) is 14.0. The molecule has 2 aliphatic carbocycles. The molecule has 8 rings (SSSR count). The van der Waals surface area contributed by atoms with Crippen LogP contribution in [0.2, 0.25) is 0 Å². The van der Waals surface area contributed by atoms with Crippen molar-refractivity contribution in [1.29, 1.82) is 0 Å². The van der Waals surface area contributed by atoms with E-state index in [4.69, 9.17) is 0 Å². The van der Waals surface area contributed by atoms with Gasteiger partial charge in [0.25, 0.3) is 5.69 Å². The van der Waals surface area contributed by atoms with Crippen LogP contribution in [0.25, 0.3) is 44.3 Å². The third-order valence-corrected chi connectivity index (χ3v) is 8.26. The fourth-order valence-electron chi connectivity index (χ4n) is 6.32. The molecule has 42 heavy (non-hydrogen) atoms. The Labute approximate surface area is 241 Å². The van der Waals surface area contributed by atoms with Crippen LogP contribution in [0.1, 0.15) is 27.8 Å². The predicted octanol–water partition coefficient (Wildman–Crippen LogP) is 7.22. The molecule has 0 amide bonds. The highest BCUT2D eigenvalue weighted by molar-refractivity contribution is 6.00. The van der Waals surface area contributed by atoms with Crippen molar-refractivity contribution in [3.63, 3.8) is 0 Å². The first kappa shape index (κ1) is 25.7. The molecule has 0 saturated heterocycles. The maximum Gasteiger partial charge on any atom is 0.270 e. The van der Waals surface area contributed by atoms with E-state index in [1.165, 1.54) is 22.6 Å². The zero-order valence-corrected chi connectivity index (χ0v) is 23.0. The summed E-state index contributed by atoms with van der Waals surface area (Å²) in [7, 11) is 0. The van der Waals surface area contributed by atoms with Crippen LogP contribution in [0.5, 0.6) is 0 Å². The number of nitro benzene ring substituents is 1. The smallest absolute Gasteiger partial charge is 0.270 e. The van der Waals surface area contributed by atoms with Crippen LogP contribution in [-0.2, 0) is 35.3 Å². The van der Waals surface area contributed by atoms with Crippen molar-refractivity contribution in [3.8, 4) is 22.5 Å². The molecule has 0 spiro atoms. The van der Waals surface area contributed by atoms with Crippen molar-refractivity contribution in [2.45, 2.75) is 32.6 Å². The van der Waals surface area contributed by atoms with E-state index in [0.717, 1.165) is 55.6 Å². The van der Waals surface area contributed by atoms with Crippen molar-refractivity contribution in [3.05, 3.63) is 123 Å². The maximum atomic E-state index is 12.2. The van der Waals surface area contributed by atoms with E-state index in [1.807, 2.05) is 36.4 Å². The number of non-ortho nitro benzene ring substituents is 1. The first-order valence-electron chi connectivity index (χ1n) is 14.0. The predicted molar refractivity (Wildman–Crippen MR) is 164 cm³/mol. The Morgan fingerprint density at radius 1 is 0.643 bits per heavy atom. The SMILES string of the molecule is Cc1ccc2[nH]c3c(c2c1)CC(=O)Cc1ccccc1-3.O=C1Cc2ccccc2-c2[nH]c3ccc([N+](=O)[O-])cc3c2C1. The van der Waals surface area contributed by atoms with E-state index < -0.39 is 4.92 Å². The summed E-state index contributed by atoms with van der Waals surface area (Å²) in [5.74, 6) is 0.414. The number of nitrogens with zero attached hydrogens (tertiary/aromatic N) is 1. The van der Waals surface area contributed by atoms with Gasteiger partial charge in [-0.05, 0) is 47.4 Å². The number of aromatic nitrogens is 2. The minimum absolute atomic E-state index is 0.0410. The Kier molecular flexibility index (Phi) is 6.08. The van der Waals surface area contributed by atoms with Crippen LogP contribution >= 0.6 is 0 Å². The molecule has 4 aromatic carbocycles. The highest BCUT2D eigenvalue weighted by Crippen LogP contribution is 2.38. The molecule has 2 aliphatic rings. The third-order valence-electron chi connectivity index (χ3n) is 8.26. The molecule has 0 unspecified atom stereocenters. The second-order valence-electron chi connectivity index (χ2n) is 11.1. The molecule has 0 bridgehead atoms. The van der Waals surface area contributed by atoms with E-state index in [2.05, 4.69) is 47.2 Å². The van der Waals surface area contributed by atoms with E-state index in [9.17, 15) is 19.7 Å². The number of rotatable bonds is 1. The number of ketones is 2. The van der Waals surface area contributed by atoms with Crippen molar-refractivity contribution < 1.29 is 14.5 Å². The number of hydrogen-bond donors (Lipinski definition) is 2. The molecule has 206 valence electrons. The fourth-order valence-corrected chi connectivity index (χ4v) is 6.32. The number of fused-ring (bicyclic) bond motifs is 10. The summed E-state index contributed by atoms with van der Waals surface area (Å²) >= 11 is 0. The van der Waals surface area contributed by atoms with Gasteiger partial charge in [0.05, 0.1) is 16.3 Å². The van der Waals surface area contributed by atoms with E-state index >= 15 is 0 Å². The summed E-state index contributed by atoms with van der Waals surface area (Å²) in [6.07, 6.45) is 1.75. The summed E-state index contributed by atoms with van der Waals surface area (Å²) in [6.45, 7) is 2.09. The number of benzene rings is 4.